The van der Waals surface area contributed by atoms with E-state index in [2.05, 4.69) is 14.4 Å². The predicted octanol–water partition coefficient (Wildman–Crippen LogP) is 1.47. The number of nitrogen functional groups attached to an aromatic ring is 1. The molecule has 0 unspecified atom stereocenters. The summed E-state index contributed by atoms with van der Waals surface area (Å²) in [5.41, 5.74) is 7.00. The Morgan fingerprint density at radius 3 is 2.80 bits per heavy atom. The normalized spacial score (nSPS) is 11.6. The molecule has 0 aliphatic heterocycles. The molecule has 0 atom stereocenters. The maximum absolute atomic E-state index is 11.8. The van der Waals surface area contributed by atoms with Crippen LogP contribution in [0.3, 0.4) is 0 Å². The number of hydrogen-bond acceptors (Lipinski definition) is 6. The highest BCUT2D eigenvalue weighted by Crippen LogP contribution is 2.24. The summed E-state index contributed by atoms with van der Waals surface area (Å²) in [5, 5.41) is 3.64. The molecule has 1 heterocycles. The first-order chi connectivity index (χ1) is 9.57. The number of anilines is 1. The van der Waals surface area contributed by atoms with Gasteiger partial charge in [-0.3, -0.25) is 0 Å². The van der Waals surface area contributed by atoms with E-state index >= 15 is 0 Å². The molecule has 0 aliphatic carbocycles. The third-order valence-electron chi connectivity index (χ3n) is 2.49. The van der Waals surface area contributed by atoms with E-state index in [1.54, 1.807) is 12.1 Å². The molecule has 1 aromatic carbocycles. The zero-order valence-electron chi connectivity index (χ0n) is 10.7. The van der Waals surface area contributed by atoms with Crippen LogP contribution in [-0.4, -0.2) is 25.1 Å². The third kappa shape index (κ3) is 4.55. The fraction of sp³-hybridized carbons (Fsp3) is 0.250. The summed E-state index contributed by atoms with van der Waals surface area (Å²) in [6.45, 7) is 0.136. The summed E-state index contributed by atoms with van der Waals surface area (Å²) < 4.78 is 30.7. The van der Waals surface area contributed by atoms with Gasteiger partial charge in [0.2, 0.25) is 10.0 Å². The minimum absolute atomic E-state index is 0.0177. The number of nitrogens with one attached hydrogen (secondary N) is 1. The Hall–Kier alpha value is -1.51. The molecular formula is C12H15N3O3S2. The first kappa shape index (κ1) is 14.9. The Kier molecular flexibility index (Phi) is 5.05. The predicted molar refractivity (Wildman–Crippen MR) is 78.7 cm³/mol. The van der Waals surface area contributed by atoms with Gasteiger partial charge in [-0.1, -0.05) is 17.3 Å². The monoisotopic (exact) mass is 313 g/mol. The van der Waals surface area contributed by atoms with Crippen LogP contribution >= 0.6 is 11.8 Å². The van der Waals surface area contributed by atoms with Crippen molar-refractivity contribution in [1.29, 1.82) is 0 Å². The molecule has 0 amide bonds. The molecule has 2 aromatic rings. The Morgan fingerprint density at radius 2 is 2.10 bits per heavy atom. The highest BCUT2D eigenvalue weighted by atomic mass is 32.2. The zero-order chi connectivity index (χ0) is 14.4. The van der Waals surface area contributed by atoms with Crippen molar-refractivity contribution in [2.75, 3.05) is 17.2 Å². The van der Waals surface area contributed by atoms with Gasteiger partial charge in [0.15, 0.2) is 0 Å². The number of benzene rings is 1. The topological polar surface area (TPSA) is 98.2 Å². The Bertz CT molecular complexity index is 642. The molecule has 3 N–H and O–H groups in total. The molecule has 0 fully saturated rings. The molecule has 0 bridgehead atoms. The molecule has 0 spiro atoms. The van der Waals surface area contributed by atoms with Crippen molar-refractivity contribution in [2.45, 2.75) is 11.4 Å². The first-order valence-electron chi connectivity index (χ1n) is 5.91. The second-order valence-corrected chi connectivity index (χ2v) is 7.08. The number of rotatable bonds is 7. The Labute approximate surface area is 121 Å². The summed E-state index contributed by atoms with van der Waals surface area (Å²) in [6, 6.07) is 8.99. The van der Waals surface area contributed by atoms with Gasteiger partial charge >= 0.3 is 0 Å². The number of sulfonamides is 1. The van der Waals surface area contributed by atoms with Crippen molar-refractivity contribution in [3.05, 3.63) is 42.3 Å². The quantitative estimate of drug-likeness (QED) is 0.593. The summed E-state index contributed by atoms with van der Waals surface area (Å²) in [5.74, 6) is 0.451. The van der Waals surface area contributed by atoms with Crippen LogP contribution in [0, 0.1) is 0 Å². The molecule has 108 valence electrons. The van der Waals surface area contributed by atoms with Gasteiger partial charge in [0.05, 0.1) is 18.0 Å². The van der Waals surface area contributed by atoms with E-state index in [0.717, 1.165) is 4.90 Å². The number of nitrogens with two attached hydrogens (primary N) is 1. The highest BCUT2D eigenvalue weighted by Gasteiger charge is 2.11. The summed E-state index contributed by atoms with van der Waals surface area (Å²) in [6.07, 6.45) is 1.40. The van der Waals surface area contributed by atoms with Crippen LogP contribution in [0.15, 0.2) is 46.0 Å². The molecule has 2 rings (SSSR count). The lowest BCUT2D eigenvalue weighted by Crippen LogP contribution is -2.27. The van der Waals surface area contributed by atoms with Crippen LogP contribution in [0.2, 0.25) is 0 Å². The van der Waals surface area contributed by atoms with Gasteiger partial charge in [-0.2, -0.15) is 0 Å². The van der Waals surface area contributed by atoms with Gasteiger partial charge in [-0.15, -0.1) is 11.8 Å². The summed E-state index contributed by atoms with van der Waals surface area (Å²) >= 11 is 1.42. The van der Waals surface area contributed by atoms with Crippen molar-refractivity contribution in [3.8, 4) is 0 Å². The number of hydrogen-bond donors (Lipinski definition) is 2. The smallest absolute Gasteiger partial charge is 0.212 e. The molecule has 0 saturated carbocycles. The number of thioether (sulfide) groups is 1. The maximum Gasteiger partial charge on any atom is 0.212 e. The van der Waals surface area contributed by atoms with Crippen LogP contribution in [0.5, 0.6) is 0 Å². The fourth-order valence-electron chi connectivity index (χ4n) is 1.46. The Morgan fingerprint density at radius 1 is 1.30 bits per heavy atom. The van der Waals surface area contributed by atoms with Crippen molar-refractivity contribution in [2.24, 2.45) is 0 Å². The average molecular weight is 313 g/mol. The van der Waals surface area contributed by atoms with Gasteiger partial charge < -0.3 is 10.3 Å². The molecule has 6 nitrogen and oxygen atoms in total. The van der Waals surface area contributed by atoms with E-state index in [4.69, 9.17) is 5.73 Å². The van der Waals surface area contributed by atoms with Crippen LogP contribution < -0.4 is 10.5 Å². The van der Waals surface area contributed by atoms with Crippen molar-refractivity contribution < 1.29 is 12.9 Å². The highest BCUT2D eigenvalue weighted by molar-refractivity contribution is 8.00. The first-order valence-corrected chi connectivity index (χ1v) is 8.54. The van der Waals surface area contributed by atoms with E-state index in [1.807, 2.05) is 18.2 Å². The van der Waals surface area contributed by atoms with Gasteiger partial charge in [-0.25, -0.2) is 13.1 Å². The van der Waals surface area contributed by atoms with Crippen LogP contribution in [-0.2, 0) is 16.6 Å². The third-order valence-corrected chi connectivity index (χ3v) is 5.17. The van der Waals surface area contributed by atoms with E-state index in [1.165, 1.54) is 18.0 Å². The number of para-hydroxylation sites is 1. The molecule has 20 heavy (non-hydrogen) atoms. The van der Waals surface area contributed by atoms with Crippen molar-refractivity contribution in [3.63, 3.8) is 0 Å². The number of nitrogens with zero attached hydrogens (tertiary/aromatic N) is 1. The zero-order valence-corrected chi connectivity index (χ0v) is 12.3. The lowest BCUT2D eigenvalue weighted by Gasteiger charge is -2.06. The second-order valence-electron chi connectivity index (χ2n) is 4.02. The molecule has 1 aromatic heterocycles. The molecule has 0 saturated heterocycles. The van der Waals surface area contributed by atoms with Gasteiger partial charge in [0.1, 0.15) is 6.26 Å². The second kappa shape index (κ2) is 6.78. The minimum Gasteiger partial charge on any atom is -0.398 e. The standard InChI is InChI=1S/C12H15N3O3S2/c13-11-3-1-2-4-12(11)19-7-8-20(16,17)14-9-10-5-6-18-15-10/h1-6,14H,7-9,13H2. The minimum atomic E-state index is -3.33. The number of aromatic nitrogens is 1. The van der Waals surface area contributed by atoms with Crippen LogP contribution in [0.1, 0.15) is 5.69 Å². The Balaban J connectivity index is 1.79. The summed E-state index contributed by atoms with van der Waals surface area (Å²) in [4.78, 5) is 0.888. The van der Waals surface area contributed by atoms with Crippen molar-refractivity contribution >= 4 is 27.5 Å². The van der Waals surface area contributed by atoms with Crippen LogP contribution in [0.4, 0.5) is 5.69 Å². The van der Waals surface area contributed by atoms with Gasteiger partial charge in [0, 0.05) is 22.4 Å². The van der Waals surface area contributed by atoms with E-state index in [-0.39, 0.29) is 12.3 Å². The van der Waals surface area contributed by atoms with E-state index in [9.17, 15) is 8.42 Å². The van der Waals surface area contributed by atoms with E-state index < -0.39 is 10.0 Å². The fourth-order valence-corrected chi connectivity index (χ4v) is 3.81. The molecule has 0 aliphatic rings. The van der Waals surface area contributed by atoms with Crippen molar-refractivity contribution in [1.82, 2.24) is 9.88 Å². The van der Waals surface area contributed by atoms with Gasteiger partial charge in [0.25, 0.3) is 0 Å². The van der Waals surface area contributed by atoms with Gasteiger partial charge in [-0.05, 0) is 12.1 Å². The van der Waals surface area contributed by atoms with Crippen LogP contribution in [0.25, 0.3) is 0 Å². The summed E-state index contributed by atoms with van der Waals surface area (Å²) in [7, 11) is -3.33. The molecule has 0 radical (unpaired) electrons. The molecular weight excluding hydrogens is 298 g/mol. The lowest BCUT2D eigenvalue weighted by molar-refractivity contribution is 0.411. The largest absolute Gasteiger partial charge is 0.398 e. The SMILES string of the molecule is Nc1ccccc1SCCS(=O)(=O)NCc1ccon1. The average Bonchev–Trinajstić information content (AvgIpc) is 2.92. The van der Waals surface area contributed by atoms with E-state index in [0.29, 0.717) is 17.1 Å². The maximum atomic E-state index is 11.8. The molecule has 8 heteroatoms. The lowest BCUT2D eigenvalue weighted by atomic mass is 10.3.